The van der Waals surface area contributed by atoms with Gasteiger partial charge >= 0.3 is 0 Å². The third-order valence-electron chi connectivity index (χ3n) is 1.44. The SMILES string of the molecule is CC.Cc1ccc(CN=O)c(Cl)c1. The normalized spacial score (nSPS) is 8.62. The van der Waals surface area contributed by atoms with Gasteiger partial charge in [0, 0.05) is 5.02 Å². The van der Waals surface area contributed by atoms with Crippen molar-refractivity contribution in [3.63, 3.8) is 0 Å². The van der Waals surface area contributed by atoms with E-state index in [9.17, 15) is 4.91 Å². The number of aryl methyl sites for hydroxylation is 1. The predicted molar refractivity (Wildman–Crippen MR) is 57.0 cm³/mol. The van der Waals surface area contributed by atoms with E-state index < -0.39 is 0 Å². The lowest BCUT2D eigenvalue weighted by atomic mass is 10.1. The summed E-state index contributed by atoms with van der Waals surface area (Å²) in [6, 6.07) is 5.55. The molecule has 0 aromatic heterocycles. The molecule has 0 heterocycles. The summed E-state index contributed by atoms with van der Waals surface area (Å²) < 4.78 is 0. The maximum Gasteiger partial charge on any atom is 0.108 e. The Bertz CT molecular complexity index is 274. The molecule has 1 aromatic carbocycles. The Kier molecular flexibility index (Phi) is 6.15. The van der Waals surface area contributed by atoms with Gasteiger partial charge < -0.3 is 0 Å². The van der Waals surface area contributed by atoms with Gasteiger partial charge in [0.1, 0.15) is 6.54 Å². The average Bonchev–Trinajstić information content (AvgIpc) is 2.14. The van der Waals surface area contributed by atoms with Crippen molar-refractivity contribution in [1.82, 2.24) is 0 Å². The van der Waals surface area contributed by atoms with Crippen LogP contribution in [0.5, 0.6) is 0 Å². The molecule has 0 aliphatic carbocycles. The minimum atomic E-state index is 0.152. The Hall–Kier alpha value is -0.890. The fraction of sp³-hybridized carbons (Fsp3) is 0.400. The molecule has 0 atom stereocenters. The van der Waals surface area contributed by atoms with Crippen LogP contribution in [0.4, 0.5) is 0 Å². The number of hydrogen-bond donors (Lipinski definition) is 0. The Morgan fingerprint density at radius 1 is 1.38 bits per heavy atom. The first-order valence-electron chi connectivity index (χ1n) is 4.28. The number of benzene rings is 1. The van der Waals surface area contributed by atoms with Gasteiger partial charge in [-0.05, 0) is 24.1 Å². The summed E-state index contributed by atoms with van der Waals surface area (Å²) in [5, 5.41) is 3.38. The van der Waals surface area contributed by atoms with Crippen molar-refractivity contribution in [2.24, 2.45) is 5.18 Å². The zero-order valence-electron chi connectivity index (χ0n) is 8.17. The molecule has 0 aliphatic rings. The summed E-state index contributed by atoms with van der Waals surface area (Å²) in [4.78, 5) is 9.90. The third kappa shape index (κ3) is 4.04. The van der Waals surface area contributed by atoms with E-state index in [1.165, 1.54) is 0 Å². The first-order chi connectivity index (χ1) is 6.24. The van der Waals surface area contributed by atoms with Crippen molar-refractivity contribution in [3.05, 3.63) is 39.3 Å². The van der Waals surface area contributed by atoms with Crippen molar-refractivity contribution in [1.29, 1.82) is 0 Å². The molecule has 1 rings (SSSR count). The summed E-state index contributed by atoms with van der Waals surface area (Å²) in [7, 11) is 0. The second-order valence-corrected chi connectivity index (χ2v) is 2.79. The molecular weight excluding hydrogens is 186 g/mol. The van der Waals surface area contributed by atoms with E-state index in [-0.39, 0.29) is 6.54 Å². The third-order valence-corrected chi connectivity index (χ3v) is 1.80. The lowest BCUT2D eigenvalue weighted by Gasteiger charge is -1.98. The Morgan fingerprint density at radius 3 is 2.46 bits per heavy atom. The summed E-state index contributed by atoms with van der Waals surface area (Å²) in [5.74, 6) is 0. The number of halogens is 1. The van der Waals surface area contributed by atoms with Gasteiger partial charge in [-0.15, -0.1) is 0 Å². The molecule has 0 bridgehead atoms. The van der Waals surface area contributed by atoms with Crippen LogP contribution in [-0.4, -0.2) is 0 Å². The van der Waals surface area contributed by atoms with Crippen molar-refractivity contribution in [3.8, 4) is 0 Å². The lowest BCUT2D eigenvalue weighted by molar-refractivity contribution is 1.05. The highest BCUT2D eigenvalue weighted by Crippen LogP contribution is 2.17. The quantitative estimate of drug-likeness (QED) is 0.664. The second-order valence-electron chi connectivity index (χ2n) is 2.38. The Labute approximate surface area is 83.9 Å². The van der Waals surface area contributed by atoms with Gasteiger partial charge in [0.2, 0.25) is 0 Å². The highest BCUT2D eigenvalue weighted by Gasteiger charge is 1.98. The minimum Gasteiger partial charge on any atom is -0.150 e. The van der Waals surface area contributed by atoms with Crippen LogP contribution >= 0.6 is 11.6 Å². The predicted octanol–water partition coefficient (Wildman–Crippen LogP) is 3.94. The van der Waals surface area contributed by atoms with E-state index in [1.807, 2.05) is 39.0 Å². The molecule has 0 fully saturated rings. The molecular formula is C10H14ClNO. The number of rotatable bonds is 2. The molecule has 0 N–H and O–H groups in total. The van der Waals surface area contributed by atoms with Gasteiger partial charge in [-0.1, -0.05) is 42.8 Å². The smallest absolute Gasteiger partial charge is 0.108 e. The van der Waals surface area contributed by atoms with Crippen molar-refractivity contribution >= 4 is 11.6 Å². The van der Waals surface area contributed by atoms with Crippen LogP contribution in [0, 0.1) is 11.8 Å². The average molecular weight is 200 g/mol. The van der Waals surface area contributed by atoms with E-state index in [0.717, 1.165) is 11.1 Å². The van der Waals surface area contributed by atoms with Gasteiger partial charge in [-0.25, -0.2) is 0 Å². The largest absolute Gasteiger partial charge is 0.150 e. The fourth-order valence-electron chi connectivity index (χ4n) is 0.850. The Morgan fingerprint density at radius 2 is 2.00 bits per heavy atom. The van der Waals surface area contributed by atoms with Crippen LogP contribution in [0.2, 0.25) is 5.02 Å². The number of nitrogens with zero attached hydrogens (tertiary/aromatic N) is 1. The summed E-state index contributed by atoms with van der Waals surface area (Å²) in [6.07, 6.45) is 0. The first kappa shape index (κ1) is 12.1. The molecule has 1 aromatic rings. The summed E-state index contributed by atoms with van der Waals surface area (Å²) in [5.41, 5.74) is 1.87. The minimum absolute atomic E-state index is 0.152. The first-order valence-corrected chi connectivity index (χ1v) is 4.66. The molecule has 0 saturated heterocycles. The van der Waals surface area contributed by atoms with E-state index in [4.69, 9.17) is 11.6 Å². The van der Waals surface area contributed by atoms with E-state index in [2.05, 4.69) is 5.18 Å². The topological polar surface area (TPSA) is 29.4 Å². The Balaban J connectivity index is 0.000000671. The van der Waals surface area contributed by atoms with E-state index in [0.29, 0.717) is 5.02 Å². The summed E-state index contributed by atoms with van der Waals surface area (Å²) >= 11 is 5.81. The highest BCUT2D eigenvalue weighted by molar-refractivity contribution is 6.31. The fourth-order valence-corrected chi connectivity index (χ4v) is 1.14. The van der Waals surface area contributed by atoms with Crippen LogP contribution in [0.15, 0.2) is 23.4 Å². The van der Waals surface area contributed by atoms with Crippen LogP contribution < -0.4 is 0 Å². The maximum absolute atomic E-state index is 9.90. The lowest BCUT2D eigenvalue weighted by Crippen LogP contribution is -1.82. The standard InChI is InChI=1S/C8H8ClNO.C2H6/c1-6-2-3-7(5-10-11)8(9)4-6;1-2/h2-4H,5H2,1H3;1-2H3. The summed E-state index contributed by atoms with van der Waals surface area (Å²) in [6.45, 7) is 6.10. The van der Waals surface area contributed by atoms with Crippen LogP contribution in [0.1, 0.15) is 25.0 Å². The molecule has 0 aliphatic heterocycles. The zero-order valence-corrected chi connectivity index (χ0v) is 8.93. The van der Waals surface area contributed by atoms with E-state index >= 15 is 0 Å². The van der Waals surface area contributed by atoms with Crippen molar-refractivity contribution < 1.29 is 0 Å². The van der Waals surface area contributed by atoms with Crippen LogP contribution in [0.25, 0.3) is 0 Å². The highest BCUT2D eigenvalue weighted by atomic mass is 35.5. The molecule has 72 valence electrons. The molecule has 2 nitrogen and oxygen atoms in total. The second kappa shape index (κ2) is 6.61. The molecule has 0 unspecified atom stereocenters. The molecule has 0 spiro atoms. The van der Waals surface area contributed by atoms with Crippen molar-refractivity contribution in [2.45, 2.75) is 27.3 Å². The van der Waals surface area contributed by atoms with Gasteiger partial charge in [-0.3, -0.25) is 0 Å². The van der Waals surface area contributed by atoms with Crippen molar-refractivity contribution in [2.75, 3.05) is 0 Å². The zero-order chi connectivity index (χ0) is 10.3. The van der Waals surface area contributed by atoms with Crippen LogP contribution in [-0.2, 0) is 6.54 Å². The van der Waals surface area contributed by atoms with Gasteiger partial charge in [-0.2, -0.15) is 4.91 Å². The van der Waals surface area contributed by atoms with Gasteiger partial charge in [0.25, 0.3) is 0 Å². The monoisotopic (exact) mass is 199 g/mol. The number of hydrogen-bond acceptors (Lipinski definition) is 2. The van der Waals surface area contributed by atoms with Gasteiger partial charge in [0.15, 0.2) is 0 Å². The maximum atomic E-state index is 9.90. The molecule has 3 heteroatoms. The molecule has 0 amide bonds. The molecule has 13 heavy (non-hydrogen) atoms. The molecule has 0 radical (unpaired) electrons. The van der Waals surface area contributed by atoms with E-state index in [1.54, 1.807) is 0 Å². The number of nitroso groups, excluding NO2 is 1. The molecule has 0 saturated carbocycles. The van der Waals surface area contributed by atoms with Crippen LogP contribution in [0.3, 0.4) is 0 Å². The van der Waals surface area contributed by atoms with Gasteiger partial charge in [0.05, 0.1) is 0 Å².